The average molecular weight is 634 g/mol. The molecule has 0 aromatic heterocycles. The lowest BCUT2D eigenvalue weighted by Gasteiger charge is -2.14. The van der Waals surface area contributed by atoms with Crippen molar-refractivity contribution in [3.8, 4) is 0 Å². The third-order valence-corrected chi connectivity index (χ3v) is 7.91. The van der Waals surface area contributed by atoms with Crippen LogP contribution in [-0.4, -0.2) is 37.1 Å². The lowest BCUT2D eigenvalue weighted by molar-refractivity contribution is -0.115. The minimum absolute atomic E-state index is 0.0925. The topological polar surface area (TPSA) is 90.5 Å². The smallest absolute Gasteiger partial charge is 0.272 e. The summed E-state index contributed by atoms with van der Waals surface area (Å²) in [5.41, 5.74) is 3.26. The first-order chi connectivity index (χ1) is 20.6. The number of nitrogens with one attached hydrogen (secondary N) is 3. The Bertz CT molecular complexity index is 1630. The van der Waals surface area contributed by atoms with Crippen molar-refractivity contribution >= 4 is 75.8 Å². The molecule has 1 atom stereocenters. The van der Waals surface area contributed by atoms with Crippen LogP contribution in [0.25, 0.3) is 6.08 Å². The predicted molar refractivity (Wildman–Crippen MR) is 178 cm³/mol. The number of carbonyl (C=O) groups excluding carboxylic acids is 3. The molecule has 4 aromatic carbocycles. The van der Waals surface area contributed by atoms with Gasteiger partial charge in [-0.1, -0.05) is 53.5 Å². The Morgan fingerprint density at radius 1 is 0.837 bits per heavy atom. The number of carbonyl (C=O) groups is 3. The Morgan fingerprint density at radius 2 is 1.51 bits per heavy atom. The molecule has 7 nitrogen and oxygen atoms in total. The Kier molecular flexibility index (Phi) is 10.9. The Balaban J connectivity index is 1.45. The first-order valence-electron chi connectivity index (χ1n) is 13.3. The van der Waals surface area contributed by atoms with Gasteiger partial charge in [0.1, 0.15) is 5.70 Å². The lowest BCUT2D eigenvalue weighted by atomic mass is 10.1. The molecule has 3 amide bonds. The van der Waals surface area contributed by atoms with Crippen LogP contribution >= 0.6 is 35.0 Å². The second-order valence-electron chi connectivity index (χ2n) is 9.72. The van der Waals surface area contributed by atoms with E-state index >= 15 is 0 Å². The van der Waals surface area contributed by atoms with E-state index in [0.717, 1.165) is 16.1 Å². The molecule has 1 unspecified atom stereocenters. The van der Waals surface area contributed by atoms with Gasteiger partial charge < -0.3 is 20.9 Å². The van der Waals surface area contributed by atoms with E-state index in [1.165, 1.54) is 11.8 Å². The van der Waals surface area contributed by atoms with Crippen LogP contribution in [0.2, 0.25) is 10.0 Å². The zero-order valence-electron chi connectivity index (χ0n) is 23.7. The summed E-state index contributed by atoms with van der Waals surface area (Å²) in [7, 11) is 3.89. The predicted octanol–water partition coefficient (Wildman–Crippen LogP) is 7.59. The standard InChI is InChI=1S/C33H30Cl2N4O3S/c1-21(31(40)37-29-20-24(34)11-18-28(29)35)43-27-16-12-25(13-17-27)36-33(42)30(38-32(41)23-7-5-4-6-8-23)19-22-9-14-26(15-10-22)39(2)3/h4-21H,1-3H3,(H,36,42)(H,37,40)(H,38,41)/b30-19-. The van der Waals surface area contributed by atoms with E-state index in [4.69, 9.17) is 23.2 Å². The van der Waals surface area contributed by atoms with Gasteiger partial charge in [0.15, 0.2) is 0 Å². The molecule has 0 saturated carbocycles. The summed E-state index contributed by atoms with van der Waals surface area (Å²) in [5.74, 6) is -1.11. The maximum Gasteiger partial charge on any atom is 0.272 e. The molecule has 43 heavy (non-hydrogen) atoms. The normalized spacial score (nSPS) is 11.8. The Morgan fingerprint density at radius 3 is 2.16 bits per heavy atom. The largest absolute Gasteiger partial charge is 0.378 e. The molecule has 0 aliphatic heterocycles. The molecule has 0 bridgehead atoms. The van der Waals surface area contributed by atoms with Gasteiger partial charge in [0.05, 0.1) is 16.0 Å². The maximum atomic E-state index is 13.4. The Hall–Kier alpha value is -4.24. The van der Waals surface area contributed by atoms with Crippen LogP contribution in [0.4, 0.5) is 17.1 Å². The molecular formula is C33H30Cl2N4O3S. The molecule has 4 aromatic rings. The second-order valence-corrected chi connectivity index (χ2v) is 12.0. The molecule has 0 aliphatic rings. The van der Waals surface area contributed by atoms with E-state index in [2.05, 4.69) is 16.0 Å². The summed E-state index contributed by atoms with van der Waals surface area (Å²) in [6.45, 7) is 1.78. The van der Waals surface area contributed by atoms with Crippen molar-refractivity contribution in [1.82, 2.24) is 5.32 Å². The van der Waals surface area contributed by atoms with Gasteiger partial charge in [-0.3, -0.25) is 14.4 Å². The summed E-state index contributed by atoms with van der Waals surface area (Å²) in [6, 6.07) is 28.3. The summed E-state index contributed by atoms with van der Waals surface area (Å²) < 4.78 is 0. The van der Waals surface area contributed by atoms with E-state index in [9.17, 15) is 14.4 Å². The minimum Gasteiger partial charge on any atom is -0.378 e. The Labute approximate surface area is 265 Å². The highest BCUT2D eigenvalue weighted by molar-refractivity contribution is 8.00. The van der Waals surface area contributed by atoms with Gasteiger partial charge in [0, 0.05) is 41.0 Å². The summed E-state index contributed by atoms with van der Waals surface area (Å²) >= 11 is 13.5. The zero-order chi connectivity index (χ0) is 30.9. The van der Waals surface area contributed by atoms with E-state index < -0.39 is 17.1 Å². The van der Waals surface area contributed by atoms with Gasteiger partial charge in [0.25, 0.3) is 11.8 Å². The molecule has 220 valence electrons. The monoisotopic (exact) mass is 632 g/mol. The average Bonchev–Trinajstić information content (AvgIpc) is 3.00. The van der Waals surface area contributed by atoms with Crippen molar-refractivity contribution in [2.75, 3.05) is 29.6 Å². The SMILES string of the molecule is CC(Sc1ccc(NC(=O)/C(=C/c2ccc(N(C)C)cc2)NC(=O)c2ccccc2)cc1)C(=O)Nc1cc(Cl)ccc1Cl. The molecule has 0 fully saturated rings. The molecule has 0 heterocycles. The van der Waals surface area contributed by atoms with Crippen molar-refractivity contribution in [2.45, 2.75) is 17.1 Å². The summed E-state index contributed by atoms with van der Waals surface area (Å²) in [6.07, 6.45) is 1.63. The third-order valence-electron chi connectivity index (χ3n) is 6.23. The van der Waals surface area contributed by atoms with Crippen LogP contribution in [0.1, 0.15) is 22.8 Å². The third kappa shape index (κ3) is 9.12. The van der Waals surface area contributed by atoms with Crippen LogP contribution in [0.5, 0.6) is 0 Å². The van der Waals surface area contributed by atoms with Gasteiger partial charge in [-0.15, -0.1) is 11.8 Å². The second kappa shape index (κ2) is 14.8. The van der Waals surface area contributed by atoms with Crippen molar-refractivity contribution in [2.24, 2.45) is 0 Å². The van der Waals surface area contributed by atoms with Crippen molar-refractivity contribution in [3.05, 3.63) is 124 Å². The number of halogens is 2. The van der Waals surface area contributed by atoms with Gasteiger partial charge in [-0.25, -0.2) is 0 Å². The summed E-state index contributed by atoms with van der Waals surface area (Å²) in [4.78, 5) is 41.8. The summed E-state index contributed by atoms with van der Waals surface area (Å²) in [5, 5.41) is 8.83. The molecule has 0 aliphatic carbocycles. The van der Waals surface area contributed by atoms with Gasteiger partial charge in [-0.05, 0) is 85.3 Å². The number of rotatable bonds is 10. The van der Waals surface area contributed by atoms with E-state index in [-0.39, 0.29) is 11.6 Å². The zero-order valence-corrected chi connectivity index (χ0v) is 26.1. The van der Waals surface area contributed by atoms with Crippen molar-refractivity contribution in [3.63, 3.8) is 0 Å². The van der Waals surface area contributed by atoms with Crippen molar-refractivity contribution < 1.29 is 14.4 Å². The molecule has 10 heteroatoms. The number of thioether (sulfide) groups is 1. The van der Waals surface area contributed by atoms with Crippen LogP contribution in [-0.2, 0) is 9.59 Å². The maximum absolute atomic E-state index is 13.4. The van der Waals surface area contributed by atoms with Crippen LogP contribution in [0.15, 0.2) is 108 Å². The van der Waals surface area contributed by atoms with Crippen LogP contribution in [0, 0.1) is 0 Å². The number of benzene rings is 4. The number of hydrogen-bond acceptors (Lipinski definition) is 5. The van der Waals surface area contributed by atoms with Gasteiger partial charge in [0.2, 0.25) is 5.91 Å². The highest BCUT2D eigenvalue weighted by atomic mass is 35.5. The quantitative estimate of drug-likeness (QED) is 0.124. The van der Waals surface area contributed by atoms with E-state index in [1.54, 1.807) is 67.6 Å². The molecular weight excluding hydrogens is 603 g/mol. The molecule has 0 saturated heterocycles. The number of amides is 3. The van der Waals surface area contributed by atoms with E-state index in [0.29, 0.717) is 27.0 Å². The number of nitrogens with zero attached hydrogens (tertiary/aromatic N) is 1. The lowest BCUT2D eigenvalue weighted by Crippen LogP contribution is -2.30. The van der Waals surface area contributed by atoms with Gasteiger partial charge in [-0.2, -0.15) is 0 Å². The molecule has 0 spiro atoms. The van der Waals surface area contributed by atoms with Crippen molar-refractivity contribution in [1.29, 1.82) is 0 Å². The highest BCUT2D eigenvalue weighted by Crippen LogP contribution is 2.29. The van der Waals surface area contributed by atoms with Gasteiger partial charge >= 0.3 is 0 Å². The molecule has 4 rings (SSSR count). The first-order valence-corrected chi connectivity index (χ1v) is 14.9. The number of anilines is 3. The number of hydrogen-bond donors (Lipinski definition) is 3. The molecule has 3 N–H and O–H groups in total. The fraction of sp³-hybridized carbons (Fsp3) is 0.121. The van der Waals surface area contributed by atoms with Crippen LogP contribution < -0.4 is 20.9 Å². The van der Waals surface area contributed by atoms with Crippen LogP contribution in [0.3, 0.4) is 0 Å². The first kappa shape index (κ1) is 31.7. The highest BCUT2D eigenvalue weighted by Gasteiger charge is 2.18. The fourth-order valence-corrected chi connectivity index (χ4v) is 5.08. The fourth-order valence-electron chi connectivity index (χ4n) is 3.88. The van der Waals surface area contributed by atoms with E-state index in [1.807, 2.05) is 61.5 Å². The minimum atomic E-state index is -0.479. The molecule has 0 radical (unpaired) electrons.